The summed E-state index contributed by atoms with van der Waals surface area (Å²) in [6.45, 7) is 0. The largest absolute Gasteiger partial charge is 0.506 e. The van der Waals surface area contributed by atoms with E-state index in [4.69, 9.17) is 0 Å². The molecule has 6 nitrogen and oxygen atoms in total. The van der Waals surface area contributed by atoms with Gasteiger partial charge in [0.15, 0.2) is 0 Å². The molecule has 4 aromatic carbocycles. The van der Waals surface area contributed by atoms with Crippen LogP contribution in [0.5, 0.6) is 5.75 Å². The van der Waals surface area contributed by atoms with Crippen LogP contribution in [-0.4, -0.2) is 19.4 Å². The van der Waals surface area contributed by atoms with Crippen molar-refractivity contribution in [2.45, 2.75) is 4.90 Å². The van der Waals surface area contributed by atoms with Gasteiger partial charge in [0.2, 0.25) is 0 Å². The first kappa shape index (κ1) is 23.8. The highest BCUT2D eigenvalue weighted by Gasteiger charge is 2.18. The molecule has 0 saturated carbocycles. The number of phenolic OH excluding ortho intramolecular Hbond substituents is 1. The highest BCUT2D eigenvalue weighted by atomic mass is 32.2. The van der Waals surface area contributed by atoms with Crippen LogP contribution in [0.25, 0.3) is 11.1 Å². The zero-order valence-corrected chi connectivity index (χ0v) is 18.6. The smallest absolute Gasteiger partial charge is 0.262 e. The Hall–Kier alpha value is -4.31. The second-order valence-electron chi connectivity index (χ2n) is 7.42. The summed E-state index contributed by atoms with van der Waals surface area (Å²) in [5.41, 5.74) is 0.161. The first-order valence-electron chi connectivity index (χ1n) is 10.1. The molecule has 3 N–H and O–H groups in total. The van der Waals surface area contributed by atoms with Crippen molar-refractivity contribution in [1.82, 2.24) is 0 Å². The average molecular weight is 498 g/mol. The molecule has 4 rings (SSSR count). The number of rotatable bonds is 6. The summed E-state index contributed by atoms with van der Waals surface area (Å²) in [4.78, 5) is 12.4. The minimum absolute atomic E-state index is 0.161. The normalized spacial score (nSPS) is 11.2. The lowest BCUT2D eigenvalue weighted by molar-refractivity contribution is 0.102. The van der Waals surface area contributed by atoms with Crippen LogP contribution in [0, 0.1) is 17.5 Å². The number of hydrogen-bond donors (Lipinski definition) is 3. The highest BCUT2D eigenvalue weighted by Crippen LogP contribution is 2.30. The maximum atomic E-state index is 14.0. The van der Waals surface area contributed by atoms with Crippen LogP contribution >= 0.6 is 0 Å². The van der Waals surface area contributed by atoms with Crippen molar-refractivity contribution in [2.24, 2.45) is 0 Å². The molecule has 0 aromatic heterocycles. The van der Waals surface area contributed by atoms with Crippen molar-refractivity contribution in [3.8, 4) is 16.9 Å². The minimum Gasteiger partial charge on any atom is -0.506 e. The summed E-state index contributed by atoms with van der Waals surface area (Å²) in [5, 5.41) is 12.6. The van der Waals surface area contributed by atoms with Gasteiger partial charge in [-0.15, -0.1) is 0 Å². The van der Waals surface area contributed by atoms with Gasteiger partial charge < -0.3 is 10.4 Å². The monoisotopic (exact) mass is 498 g/mol. The van der Waals surface area contributed by atoms with Crippen LogP contribution in [0.4, 0.5) is 24.5 Å². The predicted octanol–water partition coefficient (Wildman–Crippen LogP) is 5.53. The highest BCUT2D eigenvalue weighted by molar-refractivity contribution is 7.92. The summed E-state index contributed by atoms with van der Waals surface area (Å²) < 4.78 is 68.3. The number of amides is 1. The third kappa shape index (κ3) is 5.28. The lowest BCUT2D eigenvalue weighted by Crippen LogP contribution is -2.14. The van der Waals surface area contributed by atoms with E-state index >= 15 is 0 Å². The third-order valence-corrected chi connectivity index (χ3v) is 6.40. The lowest BCUT2D eigenvalue weighted by atomic mass is 10.0. The van der Waals surface area contributed by atoms with Gasteiger partial charge >= 0.3 is 0 Å². The van der Waals surface area contributed by atoms with Crippen LogP contribution in [0.3, 0.4) is 0 Å². The molecule has 178 valence electrons. The van der Waals surface area contributed by atoms with Gasteiger partial charge in [0.25, 0.3) is 15.9 Å². The number of carbonyl (C=O) groups excluding carboxylic acids is 1. The SMILES string of the molecule is O=C(Nc1ccc(O)c(NS(=O)(=O)c2ccc(F)cc2)c1)c1ccc(-c2c(F)cccc2F)cc1. The van der Waals surface area contributed by atoms with E-state index in [0.29, 0.717) is 0 Å². The predicted molar refractivity (Wildman–Crippen MR) is 125 cm³/mol. The van der Waals surface area contributed by atoms with E-state index in [-0.39, 0.29) is 33.0 Å². The number of sulfonamides is 1. The Morgan fingerprint density at radius 3 is 2.06 bits per heavy atom. The van der Waals surface area contributed by atoms with Crippen molar-refractivity contribution in [3.05, 3.63) is 108 Å². The van der Waals surface area contributed by atoms with E-state index in [1.807, 2.05) is 0 Å². The molecule has 0 radical (unpaired) electrons. The van der Waals surface area contributed by atoms with Crippen LogP contribution < -0.4 is 10.0 Å². The topological polar surface area (TPSA) is 95.5 Å². The van der Waals surface area contributed by atoms with E-state index < -0.39 is 39.1 Å². The van der Waals surface area contributed by atoms with E-state index in [1.165, 1.54) is 48.5 Å². The molecular weight excluding hydrogens is 481 g/mol. The molecule has 35 heavy (non-hydrogen) atoms. The van der Waals surface area contributed by atoms with Crippen molar-refractivity contribution in [1.29, 1.82) is 0 Å². The number of aromatic hydroxyl groups is 1. The number of nitrogens with one attached hydrogen (secondary N) is 2. The molecule has 0 aliphatic rings. The quantitative estimate of drug-likeness (QED) is 0.241. The maximum Gasteiger partial charge on any atom is 0.262 e. The number of halogens is 3. The second-order valence-corrected chi connectivity index (χ2v) is 9.10. The van der Waals surface area contributed by atoms with Gasteiger partial charge in [-0.2, -0.15) is 0 Å². The van der Waals surface area contributed by atoms with Crippen LogP contribution in [0.1, 0.15) is 10.4 Å². The van der Waals surface area contributed by atoms with Gasteiger partial charge in [0.1, 0.15) is 23.2 Å². The van der Waals surface area contributed by atoms with Gasteiger partial charge in [0, 0.05) is 11.3 Å². The minimum atomic E-state index is -4.14. The molecule has 0 saturated heterocycles. The fourth-order valence-corrected chi connectivity index (χ4v) is 4.34. The lowest BCUT2D eigenvalue weighted by Gasteiger charge is -2.12. The van der Waals surface area contributed by atoms with E-state index in [9.17, 15) is 31.5 Å². The van der Waals surface area contributed by atoms with Crippen molar-refractivity contribution in [3.63, 3.8) is 0 Å². The van der Waals surface area contributed by atoms with Gasteiger partial charge in [0.05, 0.1) is 16.1 Å². The molecule has 0 fully saturated rings. The van der Waals surface area contributed by atoms with Crippen molar-refractivity contribution < 1.29 is 31.5 Å². The summed E-state index contributed by atoms with van der Waals surface area (Å²) in [6.07, 6.45) is 0. The standard InChI is InChI=1S/C25H17F3N2O4S/c26-17-8-11-19(12-9-17)35(33,34)30-22-14-18(10-13-23(22)31)29-25(32)16-6-4-15(5-7-16)24-20(27)2-1-3-21(24)28/h1-14,30-31H,(H,29,32). The molecule has 0 aliphatic heterocycles. The number of anilines is 2. The number of hydrogen-bond acceptors (Lipinski definition) is 4. The van der Waals surface area contributed by atoms with Gasteiger partial charge in [-0.25, -0.2) is 21.6 Å². The van der Waals surface area contributed by atoms with Crippen molar-refractivity contribution in [2.75, 3.05) is 10.0 Å². The Bertz CT molecular complexity index is 1490. The Kier molecular flexibility index (Phi) is 6.48. The summed E-state index contributed by atoms with van der Waals surface area (Å²) in [7, 11) is -4.14. The molecule has 0 atom stereocenters. The molecular formula is C25H17F3N2O4S. The first-order valence-corrected chi connectivity index (χ1v) is 11.6. The van der Waals surface area contributed by atoms with Gasteiger partial charge in [-0.05, 0) is 72.3 Å². The van der Waals surface area contributed by atoms with E-state index in [0.717, 1.165) is 36.4 Å². The van der Waals surface area contributed by atoms with E-state index in [1.54, 1.807) is 0 Å². The number of carbonyl (C=O) groups is 1. The van der Waals surface area contributed by atoms with Crippen LogP contribution in [0.15, 0.2) is 89.8 Å². The Balaban J connectivity index is 1.52. The Labute approximate surface area is 198 Å². The molecule has 0 heterocycles. The fraction of sp³-hybridized carbons (Fsp3) is 0. The van der Waals surface area contributed by atoms with Crippen LogP contribution in [0.2, 0.25) is 0 Å². The summed E-state index contributed by atoms with van der Waals surface area (Å²) in [5.74, 6) is -3.05. The molecule has 10 heteroatoms. The van der Waals surface area contributed by atoms with Crippen molar-refractivity contribution >= 4 is 27.3 Å². The second kappa shape index (κ2) is 9.51. The molecule has 0 bridgehead atoms. The summed E-state index contributed by atoms with van der Waals surface area (Å²) in [6, 6.07) is 16.9. The number of phenols is 1. The molecule has 0 spiro atoms. The fourth-order valence-electron chi connectivity index (χ4n) is 3.28. The first-order chi connectivity index (χ1) is 16.6. The third-order valence-electron chi connectivity index (χ3n) is 5.02. The maximum absolute atomic E-state index is 14.0. The van der Waals surface area contributed by atoms with E-state index in [2.05, 4.69) is 10.0 Å². The Morgan fingerprint density at radius 1 is 0.800 bits per heavy atom. The molecule has 0 aliphatic carbocycles. The van der Waals surface area contributed by atoms with Gasteiger partial charge in [-0.1, -0.05) is 18.2 Å². The Morgan fingerprint density at radius 2 is 1.43 bits per heavy atom. The zero-order chi connectivity index (χ0) is 25.2. The molecule has 0 unspecified atom stereocenters. The van der Waals surface area contributed by atoms with Gasteiger partial charge in [-0.3, -0.25) is 9.52 Å². The summed E-state index contributed by atoms with van der Waals surface area (Å²) >= 11 is 0. The number of benzene rings is 4. The molecule has 1 amide bonds. The average Bonchev–Trinajstić information content (AvgIpc) is 2.81. The van der Waals surface area contributed by atoms with Crippen LogP contribution in [-0.2, 0) is 10.0 Å². The zero-order valence-electron chi connectivity index (χ0n) is 17.8. The molecule has 4 aromatic rings.